The first-order valence-corrected chi connectivity index (χ1v) is 5.42. The van der Waals surface area contributed by atoms with Crippen molar-refractivity contribution in [2.75, 3.05) is 7.11 Å². The Labute approximate surface area is 99.2 Å². The topological polar surface area (TPSA) is 59.2 Å². The summed E-state index contributed by atoms with van der Waals surface area (Å²) in [4.78, 5) is 25.0. The third-order valence-corrected chi connectivity index (χ3v) is 2.19. The largest absolute Gasteiger partial charge is 0.465 e. The molecule has 0 aliphatic carbocycles. The zero-order chi connectivity index (χ0) is 12.8. The highest BCUT2D eigenvalue weighted by atomic mass is 16.5. The Morgan fingerprint density at radius 2 is 2.00 bits per heavy atom. The predicted octanol–water partition coefficient (Wildman–Crippen LogP) is 2.34. The van der Waals surface area contributed by atoms with Crippen LogP contribution in [-0.2, 0) is 4.74 Å². The number of esters is 1. The summed E-state index contributed by atoms with van der Waals surface area (Å²) in [6, 6.07) is 6.60. The zero-order valence-electron chi connectivity index (χ0n) is 10.1. The number of fused-ring (bicyclic) bond motifs is 1. The van der Waals surface area contributed by atoms with Gasteiger partial charge in [0.1, 0.15) is 0 Å². The van der Waals surface area contributed by atoms with Gasteiger partial charge in [-0.25, -0.2) is 4.79 Å². The normalized spacial score (nSPS) is 9.35. The summed E-state index contributed by atoms with van der Waals surface area (Å²) in [6.07, 6.45) is 1.52. The Hall–Kier alpha value is -2.10. The number of pyridine rings is 1. The summed E-state index contributed by atoms with van der Waals surface area (Å²) in [7, 11) is 1.33. The van der Waals surface area contributed by atoms with Crippen LogP contribution in [0.4, 0.5) is 0 Å². The van der Waals surface area contributed by atoms with Crippen molar-refractivity contribution in [3.8, 4) is 0 Å². The minimum Gasteiger partial charge on any atom is -0.465 e. The van der Waals surface area contributed by atoms with Gasteiger partial charge in [-0.15, -0.1) is 0 Å². The first kappa shape index (κ1) is 13.0. The highest BCUT2D eigenvalue weighted by Gasteiger charge is 2.09. The number of carbonyl (C=O) groups excluding carboxylic acids is 1. The van der Waals surface area contributed by atoms with Crippen LogP contribution < -0.4 is 5.56 Å². The minimum absolute atomic E-state index is 0.190. The fourth-order valence-corrected chi connectivity index (χ4v) is 1.48. The van der Waals surface area contributed by atoms with Gasteiger partial charge in [0.2, 0.25) is 5.56 Å². The van der Waals surface area contributed by atoms with E-state index < -0.39 is 5.97 Å². The molecule has 2 aromatic rings. The molecule has 90 valence electrons. The maximum Gasteiger partial charge on any atom is 0.338 e. The van der Waals surface area contributed by atoms with Gasteiger partial charge in [0, 0.05) is 17.6 Å². The molecule has 0 spiro atoms. The van der Waals surface area contributed by atoms with Gasteiger partial charge < -0.3 is 9.72 Å². The van der Waals surface area contributed by atoms with Crippen molar-refractivity contribution in [3.05, 3.63) is 46.4 Å². The van der Waals surface area contributed by atoms with Gasteiger partial charge in [0.05, 0.1) is 12.7 Å². The van der Waals surface area contributed by atoms with E-state index in [2.05, 4.69) is 9.72 Å². The zero-order valence-corrected chi connectivity index (χ0v) is 10.1. The van der Waals surface area contributed by atoms with Crippen LogP contribution in [0.25, 0.3) is 10.8 Å². The number of ether oxygens (including phenoxy) is 1. The van der Waals surface area contributed by atoms with E-state index in [1.165, 1.54) is 19.4 Å². The van der Waals surface area contributed by atoms with E-state index in [4.69, 9.17) is 0 Å². The van der Waals surface area contributed by atoms with Gasteiger partial charge in [-0.3, -0.25) is 4.79 Å². The molecule has 0 atom stereocenters. The summed E-state index contributed by atoms with van der Waals surface area (Å²) in [5, 5.41) is 1.41. The number of hydrogen-bond donors (Lipinski definition) is 1. The van der Waals surface area contributed by atoms with Gasteiger partial charge >= 0.3 is 5.97 Å². The van der Waals surface area contributed by atoms with Crippen LogP contribution in [-0.4, -0.2) is 18.1 Å². The SMILES string of the molecule is CC.COC(=O)c1cccc2cc(=O)[nH]cc12. The monoisotopic (exact) mass is 233 g/mol. The molecule has 0 saturated carbocycles. The molecule has 0 radical (unpaired) electrons. The summed E-state index contributed by atoms with van der Waals surface area (Å²) in [5.41, 5.74) is 0.260. The van der Waals surface area contributed by atoms with E-state index >= 15 is 0 Å². The number of nitrogens with one attached hydrogen (secondary N) is 1. The lowest BCUT2D eigenvalue weighted by molar-refractivity contribution is 0.0603. The molecule has 0 saturated heterocycles. The number of hydrogen-bond acceptors (Lipinski definition) is 3. The Morgan fingerprint density at radius 1 is 1.29 bits per heavy atom. The number of aromatic amines is 1. The van der Waals surface area contributed by atoms with Crippen LogP contribution in [0.15, 0.2) is 35.3 Å². The summed E-state index contributed by atoms with van der Waals surface area (Å²) in [6.45, 7) is 4.00. The Kier molecular flexibility index (Phi) is 4.46. The number of aromatic nitrogens is 1. The van der Waals surface area contributed by atoms with Crippen LogP contribution in [0.2, 0.25) is 0 Å². The second-order valence-electron chi connectivity index (χ2n) is 3.10. The highest BCUT2D eigenvalue weighted by Crippen LogP contribution is 2.16. The average molecular weight is 233 g/mol. The predicted molar refractivity (Wildman–Crippen MR) is 67.3 cm³/mol. The van der Waals surface area contributed by atoms with Crippen molar-refractivity contribution < 1.29 is 9.53 Å². The van der Waals surface area contributed by atoms with Crippen molar-refractivity contribution >= 4 is 16.7 Å². The number of carbonyl (C=O) groups is 1. The summed E-state index contributed by atoms with van der Waals surface area (Å²) >= 11 is 0. The second-order valence-corrected chi connectivity index (χ2v) is 3.10. The van der Waals surface area contributed by atoms with Gasteiger partial charge in [0.25, 0.3) is 0 Å². The maximum absolute atomic E-state index is 11.4. The molecule has 0 amide bonds. The Balaban J connectivity index is 0.000000686. The average Bonchev–Trinajstić information content (AvgIpc) is 2.39. The van der Waals surface area contributed by atoms with Crippen molar-refractivity contribution in [2.45, 2.75) is 13.8 Å². The molecule has 1 aromatic heterocycles. The molecule has 4 heteroatoms. The van der Waals surface area contributed by atoms with Crippen LogP contribution in [0.3, 0.4) is 0 Å². The fourth-order valence-electron chi connectivity index (χ4n) is 1.48. The maximum atomic E-state index is 11.4. The summed E-state index contributed by atoms with van der Waals surface area (Å²) < 4.78 is 4.64. The second kappa shape index (κ2) is 5.84. The van der Waals surface area contributed by atoms with Crippen molar-refractivity contribution in [2.24, 2.45) is 0 Å². The van der Waals surface area contributed by atoms with E-state index in [-0.39, 0.29) is 5.56 Å². The van der Waals surface area contributed by atoms with Crippen molar-refractivity contribution in [1.29, 1.82) is 0 Å². The van der Waals surface area contributed by atoms with Crippen LogP contribution >= 0.6 is 0 Å². The molecule has 0 bridgehead atoms. The number of benzene rings is 1. The van der Waals surface area contributed by atoms with E-state index in [0.717, 1.165) is 5.39 Å². The lowest BCUT2D eigenvalue weighted by Crippen LogP contribution is -2.06. The minimum atomic E-state index is -0.410. The Bertz CT molecular complexity index is 572. The summed E-state index contributed by atoms with van der Waals surface area (Å²) in [5.74, 6) is -0.410. The van der Waals surface area contributed by atoms with Crippen LogP contribution in [0.5, 0.6) is 0 Å². The standard InChI is InChI=1S/C11H9NO3.C2H6/c1-15-11(14)8-4-2-3-7-5-10(13)12-6-9(7)8;1-2/h2-6H,1H3,(H,12,13);1-2H3. The fraction of sp³-hybridized carbons (Fsp3) is 0.231. The third kappa shape index (κ3) is 2.72. The van der Waals surface area contributed by atoms with E-state index in [9.17, 15) is 9.59 Å². The molecule has 1 heterocycles. The quantitative estimate of drug-likeness (QED) is 0.769. The first-order valence-electron chi connectivity index (χ1n) is 5.42. The smallest absolute Gasteiger partial charge is 0.338 e. The first-order chi connectivity index (χ1) is 8.22. The van der Waals surface area contributed by atoms with E-state index in [0.29, 0.717) is 10.9 Å². The number of H-pyrrole nitrogens is 1. The number of rotatable bonds is 1. The van der Waals surface area contributed by atoms with Crippen LogP contribution in [0, 0.1) is 0 Å². The molecule has 0 fully saturated rings. The molecule has 17 heavy (non-hydrogen) atoms. The van der Waals surface area contributed by atoms with Crippen LogP contribution in [0.1, 0.15) is 24.2 Å². The lowest BCUT2D eigenvalue weighted by atomic mass is 10.1. The molecule has 4 nitrogen and oxygen atoms in total. The molecular formula is C13H15NO3. The van der Waals surface area contributed by atoms with Crippen molar-refractivity contribution in [3.63, 3.8) is 0 Å². The number of methoxy groups -OCH3 is 1. The molecule has 1 aromatic carbocycles. The Morgan fingerprint density at radius 3 is 2.65 bits per heavy atom. The third-order valence-electron chi connectivity index (χ3n) is 2.19. The van der Waals surface area contributed by atoms with Crippen molar-refractivity contribution in [1.82, 2.24) is 4.98 Å². The van der Waals surface area contributed by atoms with Gasteiger partial charge in [-0.1, -0.05) is 26.0 Å². The van der Waals surface area contributed by atoms with Gasteiger partial charge in [-0.2, -0.15) is 0 Å². The molecule has 0 aliphatic heterocycles. The molecular weight excluding hydrogens is 218 g/mol. The highest BCUT2D eigenvalue weighted by molar-refractivity contribution is 6.03. The van der Waals surface area contributed by atoms with Gasteiger partial charge in [0.15, 0.2) is 0 Å². The molecule has 1 N–H and O–H groups in total. The van der Waals surface area contributed by atoms with E-state index in [1.807, 2.05) is 13.8 Å². The lowest BCUT2D eigenvalue weighted by Gasteiger charge is -2.03. The van der Waals surface area contributed by atoms with E-state index in [1.54, 1.807) is 18.2 Å². The molecule has 0 unspecified atom stereocenters. The molecule has 0 aliphatic rings. The molecule has 2 rings (SSSR count). The van der Waals surface area contributed by atoms with Gasteiger partial charge in [-0.05, 0) is 11.5 Å².